The Morgan fingerprint density at radius 3 is 2.62 bits per heavy atom. The van der Waals surface area contributed by atoms with Gasteiger partial charge in [-0.3, -0.25) is 0 Å². The maximum atomic E-state index is 12.1. The fourth-order valence-electron chi connectivity index (χ4n) is 3.94. The van der Waals surface area contributed by atoms with Crippen LogP contribution in [-0.2, 0) is 11.3 Å². The Labute approximate surface area is 184 Å². The second kappa shape index (κ2) is 8.15. The van der Waals surface area contributed by atoms with Crippen molar-refractivity contribution in [2.24, 2.45) is 0 Å². The molecule has 5 rings (SSSR count). The van der Waals surface area contributed by atoms with E-state index in [1.54, 1.807) is 31.4 Å². The molecule has 1 aromatic heterocycles. The molecule has 0 aliphatic carbocycles. The number of carboxylic acid groups (broad SMARTS) is 1. The van der Waals surface area contributed by atoms with Crippen LogP contribution in [0.2, 0.25) is 0 Å². The first kappa shape index (κ1) is 19.8. The molecule has 160 valence electrons. The maximum absolute atomic E-state index is 12.1. The highest BCUT2D eigenvalue weighted by molar-refractivity contribution is 6.21. The molecule has 2 heterocycles. The summed E-state index contributed by atoms with van der Waals surface area (Å²) in [5.41, 5.74) is 3.75. The zero-order valence-electron chi connectivity index (χ0n) is 17.4. The SMILES string of the molecule is COc1ccc(Cn2cc(/C=C(/C(=O)O)c3ccc4c(c3)OCO4)c3ccccc32)cc1. The van der Waals surface area contributed by atoms with E-state index in [9.17, 15) is 9.90 Å². The molecular weight excluding hydrogens is 406 g/mol. The Balaban J connectivity index is 1.56. The number of ether oxygens (including phenoxy) is 3. The summed E-state index contributed by atoms with van der Waals surface area (Å²) < 4.78 is 18.1. The molecule has 0 fully saturated rings. The van der Waals surface area contributed by atoms with Crippen LogP contribution in [-0.4, -0.2) is 29.5 Å². The third kappa shape index (κ3) is 3.67. The molecule has 0 unspecified atom stereocenters. The van der Waals surface area contributed by atoms with Gasteiger partial charge >= 0.3 is 5.97 Å². The van der Waals surface area contributed by atoms with E-state index in [1.807, 2.05) is 54.7 Å². The molecule has 6 nitrogen and oxygen atoms in total. The zero-order valence-corrected chi connectivity index (χ0v) is 17.4. The van der Waals surface area contributed by atoms with E-state index < -0.39 is 5.97 Å². The number of rotatable bonds is 6. The molecule has 6 heteroatoms. The van der Waals surface area contributed by atoms with E-state index in [0.29, 0.717) is 23.6 Å². The van der Waals surface area contributed by atoms with Gasteiger partial charge in [0.05, 0.1) is 12.7 Å². The lowest BCUT2D eigenvalue weighted by Crippen LogP contribution is -2.00. The molecular formula is C26H21NO5. The highest BCUT2D eigenvalue weighted by atomic mass is 16.7. The average Bonchev–Trinajstić information content (AvgIpc) is 3.42. The second-order valence-corrected chi connectivity index (χ2v) is 7.51. The van der Waals surface area contributed by atoms with Gasteiger partial charge in [0.15, 0.2) is 11.5 Å². The van der Waals surface area contributed by atoms with Crippen LogP contribution in [0.1, 0.15) is 16.7 Å². The van der Waals surface area contributed by atoms with Crippen LogP contribution < -0.4 is 14.2 Å². The lowest BCUT2D eigenvalue weighted by Gasteiger charge is -2.06. The first-order valence-corrected chi connectivity index (χ1v) is 10.2. The van der Waals surface area contributed by atoms with Crippen molar-refractivity contribution in [3.05, 3.63) is 89.6 Å². The van der Waals surface area contributed by atoms with Gasteiger partial charge in [-0.05, 0) is 47.5 Å². The first-order valence-electron chi connectivity index (χ1n) is 10.2. The number of aliphatic carboxylic acids is 1. The van der Waals surface area contributed by atoms with Crippen molar-refractivity contribution in [2.45, 2.75) is 6.54 Å². The number of fused-ring (bicyclic) bond motifs is 2. The standard InChI is InChI=1S/C26H21NO5/c1-30-20-9-6-17(7-10-20)14-27-15-19(21-4-2-3-5-23(21)27)12-22(26(28)29)18-8-11-24-25(13-18)32-16-31-24/h2-13,15H,14,16H2,1H3,(H,28,29)/b22-12+. The van der Waals surface area contributed by atoms with Gasteiger partial charge in [0.2, 0.25) is 6.79 Å². The van der Waals surface area contributed by atoms with Crippen molar-refractivity contribution in [1.29, 1.82) is 0 Å². The van der Waals surface area contributed by atoms with Crippen LogP contribution in [0.25, 0.3) is 22.6 Å². The topological polar surface area (TPSA) is 69.9 Å². The van der Waals surface area contributed by atoms with Gasteiger partial charge in [-0.25, -0.2) is 4.79 Å². The van der Waals surface area contributed by atoms with E-state index in [1.165, 1.54) is 0 Å². The van der Waals surface area contributed by atoms with E-state index in [2.05, 4.69) is 4.57 Å². The first-order chi connectivity index (χ1) is 15.6. The minimum Gasteiger partial charge on any atom is -0.497 e. The van der Waals surface area contributed by atoms with Crippen LogP contribution in [0, 0.1) is 0 Å². The quantitative estimate of drug-likeness (QED) is 0.436. The summed E-state index contributed by atoms with van der Waals surface area (Å²) in [6.45, 7) is 0.800. The normalized spacial score (nSPS) is 12.8. The van der Waals surface area contributed by atoms with Gasteiger partial charge in [-0.1, -0.05) is 36.4 Å². The van der Waals surface area contributed by atoms with Gasteiger partial charge in [-0.15, -0.1) is 0 Å². The molecule has 0 atom stereocenters. The molecule has 1 aliphatic heterocycles. The van der Waals surface area contributed by atoms with Crippen LogP contribution in [0.3, 0.4) is 0 Å². The number of aromatic nitrogens is 1. The molecule has 0 amide bonds. The Bertz CT molecular complexity index is 1330. The second-order valence-electron chi connectivity index (χ2n) is 7.51. The molecule has 1 N–H and O–H groups in total. The lowest BCUT2D eigenvalue weighted by atomic mass is 10.0. The predicted octanol–water partition coefficient (Wildman–Crippen LogP) is 5.05. The highest BCUT2D eigenvalue weighted by Gasteiger charge is 2.19. The van der Waals surface area contributed by atoms with E-state index in [-0.39, 0.29) is 12.4 Å². The van der Waals surface area contributed by atoms with Gasteiger partial charge in [-0.2, -0.15) is 0 Å². The Morgan fingerprint density at radius 1 is 1.06 bits per heavy atom. The van der Waals surface area contributed by atoms with Crippen LogP contribution in [0.5, 0.6) is 17.2 Å². The van der Waals surface area contributed by atoms with Crippen molar-refractivity contribution >= 4 is 28.5 Å². The largest absolute Gasteiger partial charge is 0.497 e. The predicted molar refractivity (Wildman–Crippen MR) is 122 cm³/mol. The number of hydrogen-bond acceptors (Lipinski definition) is 4. The van der Waals surface area contributed by atoms with Gasteiger partial charge in [0, 0.05) is 29.2 Å². The molecule has 32 heavy (non-hydrogen) atoms. The minimum absolute atomic E-state index is 0.143. The minimum atomic E-state index is -1.00. The third-order valence-corrected chi connectivity index (χ3v) is 5.55. The fraction of sp³-hybridized carbons (Fsp3) is 0.115. The molecule has 1 aliphatic rings. The molecule has 4 aromatic rings. The number of benzene rings is 3. The van der Waals surface area contributed by atoms with Crippen molar-refractivity contribution < 1.29 is 24.1 Å². The summed E-state index contributed by atoms with van der Waals surface area (Å²) >= 11 is 0. The smallest absolute Gasteiger partial charge is 0.336 e. The van der Waals surface area contributed by atoms with Gasteiger partial charge in [0.1, 0.15) is 5.75 Å². The number of para-hydroxylation sites is 1. The van der Waals surface area contributed by atoms with E-state index >= 15 is 0 Å². The monoisotopic (exact) mass is 427 g/mol. The molecule has 0 saturated carbocycles. The number of nitrogens with zero attached hydrogens (tertiary/aromatic N) is 1. The van der Waals surface area contributed by atoms with Crippen LogP contribution in [0.4, 0.5) is 0 Å². The van der Waals surface area contributed by atoms with Crippen molar-refractivity contribution in [3.63, 3.8) is 0 Å². The summed E-state index contributed by atoms with van der Waals surface area (Å²) in [4.78, 5) is 12.1. The van der Waals surface area contributed by atoms with Gasteiger partial charge < -0.3 is 23.9 Å². The number of hydrogen-bond donors (Lipinski definition) is 1. The van der Waals surface area contributed by atoms with Gasteiger partial charge in [0.25, 0.3) is 0 Å². The molecule has 0 radical (unpaired) electrons. The van der Waals surface area contributed by atoms with Crippen molar-refractivity contribution in [2.75, 3.05) is 13.9 Å². The van der Waals surface area contributed by atoms with E-state index in [0.717, 1.165) is 27.8 Å². The summed E-state index contributed by atoms with van der Waals surface area (Å²) in [7, 11) is 1.65. The van der Waals surface area contributed by atoms with Crippen molar-refractivity contribution in [1.82, 2.24) is 4.57 Å². The zero-order chi connectivity index (χ0) is 22.1. The Morgan fingerprint density at radius 2 is 1.84 bits per heavy atom. The Kier molecular flexibility index (Phi) is 5.03. The average molecular weight is 427 g/mol. The highest BCUT2D eigenvalue weighted by Crippen LogP contribution is 2.35. The summed E-state index contributed by atoms with van der Waals surface area (Å²) in [6, 6.07) is 21.1. The number of carbonyl (C=O) groups is 1. The number of methoxy groups -OCH3 is 1. The molecule has 0 bridgehead atoms. The van der Waals surface area contributed by atoms with Crippen LogP contribution >= 0.6 is 0 Å². The van der Waals surface area contributed by atoms with Crippen molar-refractivity contribution in [3.8, 4) is 17.2 Å². The lowest BCUT2D eigenvalue weighted by molar-refractivity contribution is -0.130. The molecule has 0 spiro atoms. The summed E-state index contributed by atoms with van der Waals surface area (Å²) in [5.74, 6) is 0.978. The third-order valence-electron chi connectivity index (χ3n) is 5.55. The van der Waals surface area contributed by atoms with E-state index in [4.69, 9.17) is 14.2 Å². The number of carboxylic acids is 1. The summed E-state index contributed by atoms with van der Waals surface area (Å²) in [6.07, 6.45) is 3.71. The maximum Gasteiger partial charge on any atom is 0.336 e. The molecule has 0 saturated heterocycles. The molecule has 3 aromatic carbocycles. The Hall–Kier alpha value is -4.19. The summed E-state index contributed by atoms with van der Waals surface area (Å²) in [5, 5.41) is 10.9. The fourth-order valence-corrected chi connectivity index (χ4v) is 3.94. The van der Waals surface area contributed by atoms with Crippen LogP contribution in [0.15, 0.2) is 72.9 Å².